The third-order valence-corrected chi connectivity index (χ3v) is 6.70. The molecule has 4 heteroatoms. The van der Waals surface area contributed by atoms with Crippen molar-refractivity contribution in [3.63, 3.8) is 0 Å². The van der Waals surface area contributed by atoms with Crippen molar-refractivity contribution in [3.8, 4) is 0 Å². The van der Waals surface area contributed by atoms with Crippen LogP contribution in [0.25, 0.3) is 0 Å². The lowest BCUT2D eigenvalue weighted by atomic mass is 9.50. The first kappa shape index (κ1) is 16.6. The second kappa shape index (κ2) is 5.70. The molecule has 6 atom stereocenters. The highest BCUT2D eigenvalue weighted by molar-refractivity contribution is 6.26. The summed E-state index contributed by atoms with van der Waals surface area (Å²) in [4.78, 5) is 31.7. The number of fused-ring (bicyclic) bond motifs is 1. The minimum absolute atomic E-state index is 0.00438. The topological polar surface area (TPSA) is 55.7 Å². The fourth-order valence-corrected chi connectivity index (χ4v) is 5.63. The van der Waals surface area contributed by atoms with Crippen molar-refractivity contribution in [2.75, 3.05) is 7.11 Å². The van der Waals surface area contributed by atoms with Crippen LogP contribution >= 0.6 is 0 Å². The summed E-state index contributed by atoms with van der Waals surface area (Å²) in [6.07, 6.45) is 0. The van der Waals surface area contributed by atoms with Crippen LogP contribution in [-0.2, 0) is 14.3 Å². The van der Waals surface area contributed by atoms with E-state index in [2.05, 4.69) is 6.92 Å². The zero-order valence-corrected chi connectivity index (χ0v) is 15.3. The lowest BCUT2D eigenvalue weighted by Crippen LogP contribution is -2.66. The molecule has 3 fully saturated rings. The Bertz CT molecular complexity index is 952. The Labute approximate surface area is 158 Å². The fourth-order valence-electron chi connectivity index (χ4n) is 5.63. The molecule has 0 N–H and O–H groups in total. The predicted octanol–water partition coefficient (Wildman–Crippen LogP) is 3.27. The number of aliphatic imine (C=N–C) groups is 1. The third-order valence-electron chi connectivity index (χ3n) is 6.70. The van der Waals surface area contributed by atoms with Crippen LogP contribution in [0.2, 0.25) is 0 Å². The monoisotopic (exact) mass is 359 g/mol. The first-order valence-electron chi connectivity index (χ1n) is 9.43. The molecule has 4 aliphatic rings. The number of methoxy groups -OCH3 is 1. The number of ketones is 2. The number of rotatable bonds is 3. The molecule has 1 aliphatic heterocycles. The number of hydrogen-bond donors (Lipinski definition) is 0. The zero-order valence-electron chi connectivity index (χ0n) is 15.3. The van der Waals surface area contributed by atoms with Gasteiger partial charge in [-0.15, -0.1) is 0 Å². The van der Waals surface area contributed by atoms with Gasteiger partial charge in [0.05, 0.1) is 17.5 Å². The van der Waals surface area contributed by atoms with Crippen LogP contribution in [0.5, 0.6) is 0 Å². The molecule has 136 valence electrons. The van der Waals surface area contributed by atoms with Gasteiger partial charge in [0.2, 0.25) is 5.72 Å². The number of carbonyl (C=O) groups excluding carboxylic acids is 2. The van der Waals surface area contributed by atoms with Crippen LogP contribution in [0, 0.1) is 23.7 Å². The van der Waals surface area contributed by atoms with Crippen molar-refractivity contribution in [2.45, 2.75) is 18.6 Å². The Kier molecular flexibility index (Phi) is 3.50. The average molecular weight is 359 g/mol. The molecule has 27 heavy (non-hydrogen) atoms. The number of carbonyl (C=O) groups is 2. The van der Waals surface area contributed by atoms with E-state index < -0.39 is 11.6 Å². The van der Waals surface area contributed by atoms with E-state index in [4.69, 9.17) is 9.73 Å². The normalized spacial score (nSPS) is 36.8. The Balaban J connectivity index is 1.68. The molecule has 0 unspecified atom stereocenters. The fraction of sp³-hybridized carbons (Fsp3) is 0.348. The molecule has 2 aromatic carbocycles. The third kappa shape index (κ3) is 1.99. The van der Waals surface area contributed by atoms with Crippen LogP contribution in [-0.4, -0.2) is 30.1 Å². The maximum Gasteiger partial charge on any atom is 0.223 e. The van der Waals surface area contributed by atoms with E-state index in [0.717, 1.165) is 11.1 Å². The lowest BCUT2D eigenvalue weighted by molar-refractivity contribution is -0.180. The van der Waals surface area contributed by atoms with Crippen LogP contribution in [0.3, 0.4) is 0 Å². The predicted molar refractivity (Wildman–Crippen MR) is 102 cm³/mol. The molecule has 0 spiro atoms. The molecule has 1 heterocycles. The summed E-state index contributed by atoms with van der Waals surface area (Å²) in [6.45, 7) is 2.14. The number of hydrogen-bond acceptors (Lipinski definition) is 4. The Hall–Kier alpha value is -2.59. The maximum atomic E-state index is 13.5. The molecule has 0 saturated heterocycles. The van der Waals surface area contributed by atoms with Crippen molar-refractivity contribution in [3.05, 3.63) is 71.8 Å². The molecule has 4 bridgehead atoms. The molecule has 4 nitrogen and oxygen atoms in total. The van der Waals surface area contributed by atoms with Crippen molar-refractivity contribution in [2.24, 2.45) is 28.7 Å². The van der Waals surface area contributed by atoms with Gasteiger partial charge in [-0.1, -0.05) is 67.6 Å². The molecular weight excluding hydrogens is 338 g/mol. The van der Waals surface area contributed by atoms with E-state index in [1.54, 1.807) is 7.11 Å². The second-order valence-electron chi connectivity index (χ2n) is 7.81. The van der Waals surface area contributed by atoms with Crippen molar-refractivity contribution < 1.29 is 14.3 Å². The summed E-state index contributed by atoms with van der Waals surface area (Å²) in [5.41, 5.74) is 1.44. The molecule has 0 aromatic heterocycles. The number of ether oxygens (including phenoxy) is 1. The van der Waals surface area contributed by atoms with Crippen molar-refractivity contribution in [1.82, 2.24) is 0 Å². The summed E-state index contributed by atoms with van der Waals surface area (Å²) in [6, 6.07) is 19.6. The number of Topliss-reactive ketones (excluding diaryl/α,β-unsaturated/α-hetero) is 2. The van der Waals surface area contributed by atoms with Gasteiger partial charge in [0, 0.05) is 18.9 Å². The van der Waals surface area contributed by atoms with Crippen LogP contribution in [0.4, 0.5) is 0 Å². The molecule has 2 aromatic rings. The van der Waals surface area contributed by atoms with E-state index in [9.17, 15) is 9.59 Å². The zero-order chi connectivity index (χ0) is 18.8. The Morgan fingerprint density at radius 2 is 1.56 bits per heavy atom. The van der Waals surface area contributed by atoms with Gasteiger partial charge in [0.1, 0.15) is 0 Å². The highest BCUT2D eigenvalue weighted by Crippen LogP contribution is 2.61. The highest BCUT2D eigenvalue weighted by atomic mass is 16.5. The highest BCUT2D eigenvalue weighted by Gasteiger charge is 2.72. The maximum absolute atomic E-state index is 13.5. The van der Waals surface area contributed by atoms with E-state index >= 15 is 0 Å². The molecule has 6 rings (SSSR count). The van der Waals surface area contributed by atoms with Crippen molar-refractivity contribution in [1.29, 1.82) is 0 Å². The minimum Gasteiger partial charge on any atom is -0.350 e. The van der Waals surface area contributed by atoms with E-state index in [0.29, 0.717) is 5.71 Å². The average Bonchev–Trinajstić information content (AvgIpc) is 3.05. The van der Waals surface area contributed by atoms with Gasteiger partial charge in [-0.05, 0) is 17.0 Å². The van der Waals surface area contributed by atoms with E-state index in [1.165, 1.54) is 0 Å². The van der Waals surface area contributed by atoms with Gasteiger partial charge in [-0.2, -0.15) is 0 Å². The SMILES string of the molecule is CO[C@@]12N=C(c3ccccc3)[C@H]3C(=O)[C@@H](C1=O)[C@@H](c1ccccc1)[C@H](C)[C@H]32. The Morgan fingerprint density at radius 3 is 2.19 bits per heavy atom. The summed E-state index contributed by atoms with van der Waals surface area (Å²) < 4.78 is 5.78. The van der Waals surface area contributed by atoms with Crippen LogP contribution in [0.15, 0.2) is 65.7 Å². The van der Waals surface area contributed by atoms with Gasteiger partial charge in [-0.25, -0.2) is 4.99 Å². The number of nitrogens with zero attached hydrogens (tertiary/aromatic N) is 1. The molecule has 3 saturated carbocycles. The van der Waals surface area contributed by atoms with Gasteiger partial charge < -0.3 is 4.74 Å². The first-order chi connectivity index (χ1) is 13.1. The van der Waals surface area contributed by atoms with Crippen molar-refractivity contribution >= 4 is 17.3 Å². The summed E-state index contributed by atoms with van der Waals surface area (Å²) in [5, 5.41) is 0. The smallest absolute Gasteiger partial charge is 0.223 e. The molecule has 0 radical (unpaired) electrons. The lowest BCUT2D eigenvalue weighted by Gasteiger charge is -2.53. The number of benzene rings is 2. The largest absolute Gasteiger partial charge is 0.350 e. The van der Waals surface area contributed by atoms with E-state index in [1.807, 2.05) is 60.7 Å². The second-order valence-corrected chi connectivity index (χ2v) is 7.81. The Morgan fingerprint density at radius 1 is 0.926 bits per heavy atom. The van der Waals surface area contributed by atoms with Gasteiger partial charge in [-0.3, -0.25) is 9.59 Å². The van der Waals surface area contributed by atoms with Crippen LogP contribution in [0.1, 0.15) is 24.0 Å². The summed E-state index contributed by atoms with van der Waals surface area (Å²) in [5.74, 6) is -1.48. The molecule has 3 aliphatic carbocycles. The summed E-state index contributed by atoms with van der Waals surface area (Å²) in [7, 11) is 1.54. The van der Waals surface area contributed by atoms with E-state index in [-0.39, 0.29) is 35.2 Å². The summed E-state index contributed by atoms with van der Waals surface area (Å²) >= 11 is 0. The first-order valence-corrected chi connectivity index (χ1v) is 9.43. The molecular formula is C23H21NO3. The molecule has 0 amide bonds. The van der Waals surface area contributed by atoms with Gasteiger partial charge in [0.25, 0.3) is 0 Å². The standard InChI is InChI=1S/C23H21NO3/c1-13-16(14-9-5-3-6-10-14)17-21(25)18-19(13)23(27-2,22(17)26)24-20(18)15-11-7-4-8-12-15/h3-13,16-19H,1-2H3/t13-,16+,17-,18-,19+,23+/m0/s1. The minimum atomic E-state index is -1.22. The quantitative estimate of drug-likeness (QED) is 0.791. The van der Waals surface area contributed by atoms with Gasteiger partial charge in [0.15, 0.2) is 11.6 Å². The van der Waals surface area contributed by atoms with Gasteiger partial charge >= 0.3 is 0 Å². The van der Waals surface area contributed by atoms with Crippen LogP contribution < -0.4 is 0 Å².